The second kappa shape index (κ2) is 5.84. The van der Waals surface area contributed by atoms with Gasteiger partial charge in [-0.05, 0) is 18.6 Å². The first-order valence-corrected chi connectivity index (χ1v) is 5.94. The van der Waals surface area contributed by atoms with E-state index in [-0.39, 0.29) is 6.42 Å². The second-order valence-electron chi connectivity index (χ2n) is 4.40. The molecule has 0 bridgehead atoms. The molecule has 5 heteroatoms. The highest BCUT2D eigenvalue weighted by Crippen LogP contribution is 2.13. The Morgan fingerprint density at radius 1 is 1.65 bits per heavy atom. The van der Waals surface area contributed by atoms with Gasteiger partial charge in [-0.2, -0.15) is 0 Å². The summed E-state index contributed by atoms with van der Waals surface area (Å²) in [6, 6.07) is 4.28. The maximum atomic E-state index is 10.4. The number of furan rings is 1. The molecule has 0 saturated carbocycles. The first-order valence-electron chi connectivity index (χ1n) is 5.94. The summed E-state index contributed by atoms with van der Waals surface area (Å²) in [4.78, 5) is 12.7. The van der Waals surface area contributed by atoms with Crippen molar-refractivity contribution in [3.63, 3.8) is 0 Å². The quantitative estimate of drug-likeness (QED) is 0.771. The normalized spacial score (nSPS) is 20.8. The second-order valence-corrected chi connectivity index (χ2v) is 4.40. The summed E-state index contributed by atoms with van der Waals surface area (Å²) in [5.41, 5.74) is 0. The van der Waals surface area contributed by atoms with Gasteiger partial charge in [-0.25, -0.2) is 0 Å². The molecule has 0 aliphatic carbocycles. The summed E-state index contributed by atoms with van der Waals surface area (Å²) in [7, 11) is 0. The molecule has 1 fully saturated rings. The average molecular weight is 238 g/mol. The topological polar surface area (TPSA) is 65.7 Å². The monoisotopic (exact) mass is 238 g/mol. The molecule has 1 aliphatic heterocycles. The molecule has 1 atom stereocenters. The molecular formula is C12H18N2O3. The molecule has 2 rings (SSSR count). The minimum atomic E-state index is -0.747. The number of carboxylic acids is 1. The van der Waals surface area contributed by atoms with Crippen LogP contribution in [0, 0.1) is 0 Å². The number of aliphatic carboxylic acids is 1. The van der Waals surface area contributed by atoms with Crippen molar-refractivity contribution in [2.24, 2.45) is 0 Å². The van der Waals surface area contributed by atoms with Gasteiger partial charge < -0.3 is 14.8 Å². The number of nitrogens with zero attached hydrogens (tertiary/aromatic N) is 1. The smallest absolute Gasteiger partial charge is 0.304 e. The lowest BCUT2D eigenvalue weighted by Crippen LogP contribution is -2.33. The van der Waals surface area contributed by atoms with E-state index in [1.807, 2.05) is 12.1 Å². The van der Waals surface area contributed by atoms with E-state index in [2.05, 4.69) is 10.2 Å². The minimum absolute atomic E-state index is 0.189. The highest BCUT2D eigenvalue weighted by Gasteiger charge is 2.22. The molecule has 1 aromatic rings. The van der Waals surface area contributed by atoms with E-state index < -0.39 is 5.97 Å². The summed E-state index contributed by atoms with van der Waals surface area (Å²) in [5.74, 6) is 0.235. The van der Waals surface area contributed by atoms with E-state index in [1.54, 1.807) is 6.26 Å². The Hall–Kier alpha value is -1.33. The van der Waals surface area contributed by atoms with Crippen LogP contribution in [0.15, 0.2) is 22.8 Å². The van der Waals surface area contributed by atoms with Crippen LogP contribution in [0.5, 0.6) is 0 Å². The molecule has 2 N–H and O–H groups in total. The number of hydrogen-bond acceptors (Lipinski definition) is 4. The average Bonchev–Trinajstić information content (AvgIpc) is 2.90. The summed E-state index contributed by atoms with van der Waals surface area (Å²) in [6.45, 7) is 3.38. The van der Waals surface area contributed by atoms with E-state index in [0.717, 1.165) is 31.8 Å². The third kappa shape index (κ3) is 3.87. The van der Waals surface area contributed by atoms with Crippen molar-refractivity contribution in [2.45, 2.75) is 25.4 Å². The zero-order valence-electron chi connectivity index (χ0n) is 9.76. The van der Waals surface area contributed by atoms with E-state index in [1.165, 1.54) is 0 Å². The molecular weight excluding hydrogens is 220 g/mol. The summed E-state index contributed by atoms with van der Waals surface area (Å²) < 4.78 is 5.30. The maximum absolute atomic E-state index is 10.4. The molecule has 1 unspecified atom stereocenters. The zero-order valence-corrected chi connectivity index (χ0v) is 9.76. The number of likely N-dealkylation sites (tertiary alicyclic amines) is 1. The molecule has 17 heavy (non-hydrogen) atoms. The van der Waals surface area contributed by atoms with Crippen LogP contribution in [0.3, 0.4) is 0 Å². The van der Waals surface area contributed by atoms with Crippen LogP contribution in [0.25, 0.3) is 0 Å². The first kappa shape index (κ1) is 12.1. The number of carboxylic acid groups (broad SMARTS) is 1. The SMILES string of the molecule is O=C(O)CCNC1CCN(Cc2ccco2)C1. The Bertz CT molecular complexity index is 351. The zero-order chi connectivity index (χ0) is 12.1. The van der Waals surface area contributed by atoms with Gasteiger partial charge in [0.25, 0.3) is 0 Å². The van der Waals surface area contributed by atoms with Gasteiger partial charge in [-0.1, -0.05) is 0 Å². The summed E-state index contributed by atoms with van der Waals surface area (Å²) in [5, 5.41) is 11.8. The van der Waals surface area contributed by atoms with Crippen molar-refractivity contribution in [2.75, 3.05) is 19.6 Å². The fourth-order valence-electron chi connectivity index (χ4n) is 2.15. The molecule has 0 aromatic carbocycles. The molecule has 1 aliphatic rings. The minimum Gasteiger partial charge on any atom is -0.481 e. The van der Waals surface area contributed by atoms with Gasteiger partial charge in [0.2, 0.25) is 0 Å². The van der Waals surface area contributed by atoms with Crippen LogP contribution < -0.4 is 5.32 Å². The van der Waals surface area contributed by atoms with Gasteiger partial charge in [0.15, 0.2) is 0 Å². The van der Waals surface area contributed by atoms with Gasteiger partial charge >= 0.3 is 5.97 Å². The molecule has 5 nitrogen and oxygen atoms in total. The molecule has 94 valence electrons. The van der Waals surface area contributed by atoms with Crippen LogP contribution in [-0.2, 0) is 11.3 Å². The van der Waals surface area contributed by atoms with Gasteiger partial charge in [-0.3, -0.25) is 9.69 Å². The molecule has 0 spiro atoms. The van der Waals surface area contributed by atoms with Gasteiger partial charge in [0.05, 0.1) is 19.2 Å². The predicted octanol–water partition coefficient (Wildman–Crippen LogP) is 0.918. The summed E-state index contributed by atoms with van der Waals surface area (Å²) in [6.07, 6.45) is 2.95. The Balaban J connectivity index is 1.67. The fraction of sp³-hybridized carbons (Fsp3) is 0.583. The number of carbonyl (C=O) groups is 1. The van der Waals surface area contributed by atoms with Crippen LogP contribution in [0.1, 0.15) is 18.6 Å². The van der Waals surface area contributed by atoms with Gasteiger partial charge in [-0.15, -0.1) is 0 Å². The molecule has 0 amide bonds. The van der Waals surface area contributed by atoms with Crippen molar-refractivity contribution in [3.05, 3.63) is 24.2 Å². The van der Waals surface area contributed by atoms with E-state index >= 15 is 0 Å². The Morgan fingerprint density at radius 3 is 3.24 bits per heavy atom. The van der Waals surface area contributed by atoms with Crippen molar-refractivity contribution in [3.8, 4) is 0 Å². The van der Waals surface area contributed by atoms with E-state index in [9.17, 15) is 4.79 Å². The van der Waals surface area contributed by atoms with Crippen molar-refractivity contribution in [1.82, 2.24) is 10.2 Å². The first-order chi connectivity index (χ1) is 8.24. The van der Waals surface area contributed by atoms with Crippen LogP contribution in [0.2, 0.25) is 0 Å². The van der Waals surface area contributed by atoms with Gasteiger partial charge in [0.1, 0.15) is 5.76 Å². The third-order valence-corrected chi connectivity index (χ3v) is 3.00. The van der Waals surface area contributed by atoms with E-state index in [4.69, 9.17) is 9.52 Å². The van der Waals surface area contributed by atoms with Crippen molar-refractivity contribution < 1.29 is 14.3 Å². The Morgan fingerprint density at radius 2 is 2.53 bits per heavy atom. The molecule has 0 radical (unpaired) electrons. The largest absolute Gasteiger partial charge is 0.481 e. The third-order valence-electron chi connectivity index (χ3n) is 3.00. The highest BCUT2D eigenvalue weighted by atomic mass is 16.4. The Labute approximate surface area is 100 Å². The number of rotatable bonds is 6. The number of nitrogens with one attached hydrogen (secondary N) is 1. The van der Waals surface area contributed by atoms with Crippen LogP contribution in [0.4, 0.5) is 0 Å². The van der Waals surface area contributed by atoms with E-state index in [0.29, 0.717) is 12.6 Å². The van der Waals surface area contributed by atoms with Crippen LogP contribution in [-0.4, -0.2) is 41.7 Å². The fourth-order valence-corrected chi connectivity index (χ4v) is 2.15. The molecule has 2 heterocycles. The Kier molecular flexibility index (Phi) is 4.17. The standard InChI is InChI=1S/C12H18N2O3/c15-12(16)3-5-13-10-4-6-14(8-10)9-11-2-1-7-17-11/h1-2,7,10,13H,3-6,8-9H2,(H,15,16). The maximum Gasteiger partial charge on any atom is 0.304 e. The lowest BCUT2D eigenvalue weighted by Gasteiger charge is -2.15. The van der Waals surface area contributed by atoms with Crippen molar-refractivity contribution in [1.29, 1.82) is 0 Å². The summed E-state index contributed by atoms with van der Waals surface area (Å²) >= 11 is 0. The molecule has 1 saturated heterocycles. The van der Waals surface area contributed by atoms with Crippen molar-refractivity contribution >= 4 is 5.97 Å². The predicted molar refractivity (Wildman–Crippen MR) is 62.6 cm³/mol. The van der Waals surface area contributed by atoms with Gasteiger partial charge in [0, 0.05) is 25.7 Å². The molecule has 1 aromatic heterocycles. The lowest BCUT2D eigenvalue weighted by molar-refractivity contribution is -0.136. The lowest BCUT2D eigenvalue weighted by atomic mass is 10.2. The van der Waals surface area contributed by atoms with Crippen LogP contribution >= 0.6 is 0 Å². The highest BCUT2D eigenvalue weighted by molar-refractivity contribution is 5.66. The number of hydrogen-bond donors (Lipinski definition) is 2.